The molecule has 2 nitrogen and oxygen atoms in total. The lowest BCUT2D eigenvalue weighted by molar-refractivity contribution is 0.0338. The molecule has 1 atom stereocenters. The predicted molar refractivity (Wildman–Crippen MR) is 53.5 cm³/mol. The van der Waals surface area contributed by atoms with E-state index in [4.69, 9.17) is 0 Å². The van der Waals surface area contributed by atoms with Crippen molar-refractivity contribution in [1.29, 1.82) is 0 Å². The normalized spacial score (nSPS) is 22.2. The van der Waals surface area contributed by atoms with Gasteiger partial charge < -0.3 is 10.2 Å². The summed E-state index contributed by atoms with van der Waals surface area (Å²) in [5, 5.41) is 19.3. The number of rotatable bonds is 4. The van der Waals surface area contributed by atoms with Gasteiger partial charge in [-0.15, -0.1) is 0 Å². The lowest BCUT2D eigenvalue weighted by Gasteiger charge is -2.22. The van der Waals surface area contributed by atoms with Crippen molar-refractivity contribution < 1.29 is 10.2 Å². The Hall–Kier alpha value is -0.0800. The zero-order chi connectivity index (χ0) is 9.90. The topological polar surface area (TPSA) is 40.5 Å². The third-order valence-corrected chi connectivity index (χ3v) is 3.00. The second-order valence-electron chi connectivity index (χ2n) is 4.96. The molecule has 0 aromatic heterocycles. The summed E-state index contributed by atoms with van der Waals surface area (Å²) in [4.78, 5) is 0. The largest absolute Gasteiger partial charge is 0.393 e. The Morgan fingerprint density at radius 1 is 1.31 bits per heavy atom. The molecular weight excluding hydrogens is 164 g/mol. The fourth-order valence-electron chi connectivity index (χ4n) is 2.08. The van der Waals surface area contributed by atoms with E-state index in [-0.39, 0.29) is 6.10 Å². The standard InChI is InChI=1S/C11H22O2/c1-11(2,13)8-7-10(12)9-5-3-4-6-9/h9-10,12-13H,3-8H2,1-2H3. The van der Waals surface area contributed by atoms with Crippen LogP contribution in [0.2, 0.25) is 0 Å². The van der Waals surface area contributed by atoms with Gasteiger partial charge in [-0.1, -0.05) is 12.8 Å². The molecule has 0 bridgehead atoms. The Bertz CT molecular complexity index is 143. The highest BCUT2D eigenvalue weighted by molar-refractivity contribution is 4.77. The smallest absolute Gasteiger partial charge is 0.0592 e. The van der Waals surface area contributed by atoms with Crippen LogP contribution in [-0.4, -0.2) is 21.9 Å². The van der Waals surface area contributed by atoms with Crippen LogP contribution in [0.15, 0.2) is 0 Å². The van der Waals surface area contributed by atoms with Gasteiger partial charge in [-0.05, 0) is 45.4 Å². The van der Waals surface area contributed by atoms with E-state index in [0.717, 1.165) is 6.42 Å². The summed E-state index contributed by atoms with van der Waals surface area (Å²) in [6.07, 6.45) is 6.14. The molecule has 2 heteroatoms. The highest BCUT2D eigenvalue weighted by atomic mass is 16.3. The second kappa shape index (κ2) is 4.43. The molecule has 1 fully saturated rings. The summed E-state index contributed by atoms with van der Waals surface area (Å²) in [7, 11) is 0. The minimum absolute atomic E-state index is 0.186. The van der Waals surface area contributed by atoms with Crippen LogP contribution >= 0.6 is 0 Å². The first-order valence-electron chi connectivity index (χ1n) is 5.39. The van der Waals surface area contributed by atoms with Gasteiger partial charge >= 0.3 is 0 Å². The summed E-state index contributed by atoms with van der Waals surface area (Å²) in [5.74, 6) is 0.502. The van der Waals surface area contributed by atoms with Gasteiger partial charge in [-0.25, -0.2) is 0 Å². The minimum atomic E-state index is -0.625. The zero-order valence-corrected chi connectivity index (χ0v) is 8.79. The van der Waals surface area contributed by atoms with Gasteiger partial charge in [-0.2, -0.15) is 0 Å². The van der Waals surface area contributed by atoms with Crippen molar-refractivity contribution in [3.05, 3.63) is 0 Å². The number of hydrogen-bond donors (Lipinski definition) is 2. The summed E-state index contributed by atoms with van der Waals surface area (Å²) in [5.41, 5.74) is -0.625. The van der Waals surface area contributed by atoms with E-state index in [0.29, 0.717) is 12.3 Å². The van der Waals surface area contributed by atoms with Crippen LogP contribution in [0.3, 0.4) is 0 Å². The van der Waals surface area contributed by atoms with E-state index in [1.54, 1.807) is 13.8 Å². The van der Waals surface area contributed by atoms with Crippen molar-refractivity contribution in [2.45, 2.75) is 64.1 Å². The molecule has 1 aliphatic carbocycles. The molecule has 78 valence electrons. The van der Waals surface area contributed by atoms with Crippen LogP contribution in [0.25, 0.3) is 0 Å². The van der Waals surface area contributed by atoms with Crippen molar-refractivity contribution >= 4 is 0 Å². The minimum Gasteiger partial charge on any atom is -0.393 e. The monoisotopic (exact) mass is 186 g/mol. The van der Waals surface area contributed by atoms with E-state index in [2.05, 4.69) is 0 Å². The van der Waals surface area contributed by atoms with Crippen LogP contribution in [0.4, 0.5) is 0 Å². The van der Waals surface area contributed by atoms with E-state index >= 15 is 0 Å². The Kier molecular flexibility index (Phi) is 3.74. The highest BCUT2D eigenvalue weighted by Gasteiger charge is 2.24. The van der Waals surface area contributed by atoms with Crippen LogP contribution < -0.4 is 0 Å². The maximum atomic E-state index is 9.80. The molecule has 13 heavy (non-hydrogen) atoms. The van der Waals surface area contributed by atoms with Crippen LogP contribution in [0, 0.1) is 5.92 Å². The maximum Gasteiger partial charge on any atom is 0.0592 e. The van der Waals surface area contributed by atoms with Crippen molar-refractivity contribution in [2.75, 3.05) is 0 Å². The van der Waals surface area contributed by atoms with Gasteiger partial charge in [0.05, 0.1) is 11.7 Å². The van der Waals surface area contributed by atoms with Crippen molar-refractivity contribution in [2.24, 2.45) is 5.92 Å². The molecule has 1 aliphatic rings. The Balaban J connectivity index is 2.20. The quantitative estimate of drug-likeness (QED) is 0.705. The Labute approximate surface area is 81.0 Å². The molecule has 0 aromatic rings. The Morgan fingerprint density at radius 3 is 2.31 bits per heavy atom. The average molecular weight is 186 g/mol. The molecule has 0 spiro atoms. The van der Waals surface area contributed by atoms with E-state index in [9.17, 15) is 10.2 Å². The van der Waals surface area contributed by atoms with Crippen LogP contribution in [-0.2, 0) is 0 Å². The first-order chi connectivity index (χ1) is 5.99. The second-order valence-corrected chi connectivity index (χ2v) is 4.96. The first-order valence-corrected chi connectivity index (χ1v) is 5.39. The lowest BCUT2D eigenvalue weighted by Crippen LogP contribution is -2.24. The van der Waals surface area contributed by atoms with Crippen LogP contribution in [0.1, 0.15) is 52.4 Å². The van der Waals surface area contributed by atoms with Crippen LogP contribution in [0.5, 0.6) is 0 Å². The van der Waals surface area contributed by atoms with Gasteiger partial charge in [0.1, 0.15) is 0 Å². The summed E-state index contributed by atoms with van der Waals surface area (Å²) in [6.45, 7) is 3.60. The molecule has 0 saturated heterocycles. The molecule has 0 radical (unpaired) electrons. The fraction of sp³-hybridized carbons (Fsp3) is 1.00. The van der Waals surface area contributed by atoms with Crippen molar-refractivity contribution in [1.82, 2.24) is 0 Å². The Morgan fingerprint density at radius 2 is 1.85 bits per heavy atom. The molecule has 1 unspecified atom stereocenters. The maximum absolute atomic E-state index is 9.80. The summed E-state index contributed by atoms with van der Waals surface area (Å²) < 4.78 is 0. The molecule has 0 amide bonds. The van der Waals surface area contributed by atoms with Gasteiger partial charge in [0.25, 0.3) is 0 Å². The van der Waals surface area contributed by atoms with E-state index < -0.39 is 5.60 Å². The molecule has 1 rings (SSSR count). The summed E-state index contributed by atoms with van der Waals surface area (Å²) >= 11 is 0. The molecule has 2 N–H and O–H groups in total. The molecule has 0 aromatic carbocycles. The third kappa shape index (κ3) is 4.10. The molecule has 0 heterocycles. The average Bonchev–Trinajstić information content (AvgIpc) is 2.50. The van der Waals surface area contributed by atoms with Crippen molar-refractivity contribution in [3.63, 3.8) is 0 Å². The fourth-order valence-corrected chi connectivity index (χ4v) is 2.08. The zero-order valence-electron chi connectivity index (χ0n) is 8.79. The molecular formula is C11H22O2. The van der Waals surface area contributed by atoms with Gasteiger partial charge in [-0.3, -0.25) is 0 Å². The van der Waals surface area contributed by atoms with E-state index in [1.807, 2.05) is 0 Å². The number of aliphatic hydroxyl groups excluding tert-OH is 1. The molecule has 0 aliphatic heterocycles. The third-order valence-electron chi connectivity index (χ3n) is 3.00. The molecule has 1 saturated carbocycles. The number of aliphatic hydroxyl groups is 2. The number of hydrogen-bond acceptors (Lipinski definition) is 2. The van der Waals surface area contributed by atoms with Gasteiger partial charge in [0.2, 0.25) is 0 Å². The lowest BCUT2D eigenvalue weighted by atomic mass is 9.92. The SMILES string of the molecule is CC(C)(O)CCC(O)C1CCCC1. The predicted octanol–water partition coefficient (Wildman–Crippen LogP) is 2.09. The summed E-state index contributed by atoms with van der Waals surface area (Å²) in [6, 6.07) is 0. The van der Waals surface area contributed by atoms with E-state index in [1.165, 1.54) is 25.7 Å². The van der Waals surface area contributed by atoms with Crippen molar-refractivity contribution in [3.8, 4) is 0 Å². The highest BCUT2D eigenvalue weighted by Crippen LogP contribution is 2.30. The first kappa shape index (κ1) is 11.0. The van der Waals surface area contributed by atoms with Gasteiger partial charge in [0, 0.05) is 0 Å². The van der Waals surface area contributed by atoms with Gasteiger partial charge in [0.15, 0.2) is 0 Å².